The minimum Gasteiger partial charge on any atom is -0.170 e. The smallest absolute Gasteiger partial charge is 0.170 e. The third-order valence-electron chi connectivity index (χ3n) is 16.1. The van der Waals surface area contributed by atoms with Crippen LogP contribution in [0.2, 0.25) is 0 Å². The summed E-state index contributed by atoms with van der Waals surface area (Å²) < 4.78 is 47.6. The number of rotatable bonds is 11. The molecule has 0 saturated carbocycles. The van der Waals surface area contributed by atoms with Crippen molar-refractivity contribution in [3.8, 4) is 55.6 Å². The van der Waals surface area contributed by atoms with Gasteiger partial charge >= 0.3 is 6.18 Å². The van der Waals surface area contributed by atoms with E-state index in [1.54, 1.807) is 6.07 Å². The Labute approximate surface area is 405 Å². The van der Waals surface area contributed by atoms with Crippen LogP contribution < -0.4 is 0 Å². The molecule has 3 aliphatic carbocycles. The molecular formula is C66H57F3. The van der Waals surface area contributed by atoms with Crippen LogP contribution in [0.4, 0.5) is 13.2 Å². The molecule has 0 spiro atoms. The number of hydrogen-bond donors (Lipinski definition) is 0. The highest BCUT2D eigenvalue weighted by molar-refractivity contribution is 5.89. The van der Waals surface area contributed by atoms with Gasteiger partial charge in [-0.25, -0.2) is 0 Å². The lowest BCUT2D eigenvalue weighted by atomic mass is 9.77. The molecular weight excluding hydrogens is 850 g/mol. The third-order valence-corrected chi connectivity index (χ3v) is 16.1. The Bertz CT molecular complexity index is 3380. The van der Waals surface area contributed by atoms with Gasteiger partial charge in [0.25, 0.3) is 0 Å². The summed E-state index contributed by atoms with van der Waals surface area (Å²) in [6.45, 7) is 18.2. The number of halogens is 3. The van der Waals surface area contributed by atoms with Crippen LogP contribution in [-0.2, 0) is 35.5 Å². The van der Waals surface area contributed by atoms with Gasteiger partial charge in [0, 0.05) is 10.8 Å². The zero-order valence-corrected chi connectivity index (χ0v) is 40.2. The second kappa shape index (κ2) is 16.3. The number of hydrogen-bond acceptors (Lipinski definition) is 0. The van der Waals surface area contributed by atoms with Gasteiger partial charge in [0.05, 0.1) is 0 Å². The predicted octanol–water partition coefficient (Wildman–Crippen LogP) is 17.9. The molecule has 11 rings (SSSR count). The van der Waals surface area contributed by atoms with Crippen LogP contribution in [0.3, 0.4) is 0 Å². The SMILES string of the molecule is C=Cc1ccc(CCCCc2ccc3c(c2)C(C)(C)c2cc(-c4ccc5c(c4)C(C)(C(F)(F)F)c4cc(-c6ccc7c(c6)C(C)(C)c6cc(Cc8ccc(C=C)cc8)ccc6-7)ccc4-5)ccc2-3)cc1. The average Bonchev–Trinajstić information content (AvgIpc) is 3.85. The number of benzene rings is 8. The summed E-state index contributed by atoms with van der Waals surface area (Å²) in [5, 5.41) is 0. The van der Waals surface area contributed by atoms with E-state index >= 15 is 13.2 Å². The Morgan fingerprint density at radius 2 is 0.696 bits per heavy atom. The van der Waals surface area contributed by atoms with E-state index in [1.165, 1.54) is 73.7 Å². The molecule has 69 heavy (non-hydrogen) atoms. The molecule has 0 heterocycles. The van der Waals surface area contributed by atoms with Crippen LogP contribution in [0.15, 0.2) is 171 Å². The summed E-state index contributed by atoms with van der Waals surface area (Å²) in [5.41, 5.74) is 19.8. The van der Waals surface area contributed by atoms with Gasteiger partial charge in [0.2, 0.25) is 0 Å². The van der Waals surface area contributed by atoms with Crippen molar-refractivity contribution < 1.29 is 13.2 Å². The molecule has 8 aromatic carbocycles. The first kappa shape index (κ1) is 44.5. The van der Waals surface area contributed by atoms with E-state index in [-0.39, 0.29) is 10.8 Å². The van der Waals surface area contributed by atoms with E-state index < -0.39 is 11.6 Å². The number of alkyl halides is 3. The number of aryl methyl sites for hydroxylation is 2. The molecule has 0 radical (unpaired) electrons. The zero-order valence-electron chi connectivity index (χ0n) is 40.2. The van der Waals surface area contributed by atoms with Crippen molar-refractivity contribution in [1.29, 1.82) is 0 Å². The van der Waals surface area contributed by atoms with Crippen LogP contribution in [0.25, 0.3) is 67.8 Å². The van der Waals surface area contributed by atoms with Crippen molar-refractivity contribution in [2.75, 3.05) is 0 Å². The number of unbranched alkanes of at least 4 members (excludes halogenated alkanes) is 1. The fourth-order valence-electron chi connectivity index (χ4n) is 11.9. The summed E-state index contributed by atoms with van der Waals surface area (Å²) in [7, 11) is 0. The fraction of sp³-hybridized carbons (Fsp3) is 0.212. The molecule has 3 aliphatic rings. The highest BCUT2D eigenvalue weighted by atomic mass is 19.4. The molecule has 0 N–H and O–H groups in total. The zero-order chi connectivity index (χ0) is 48.0. The fourth-order valence-corrected chi connectivity index (χ4v) is 11.9. The molecule has 0 fully saturated rings. The van der Waals surface area contributed by atoms with E-state index in [0.29, 0.717) is 22.3 Å². The Hall–Kier alpha value is -6.97. The van der Waals surface area contributed by atoms with E-state index in [4.69, 9.17) is 0 Å². The Kier molecular flexibility index (Phi) is 10.5. The standard InChI is InChI=1S/C66H57F3/c1-8-41-14-18-43(19-15-41)12-10-11-13-44-22-28-51-53-30-24-47(37-59(53)63(3,4)57(51)35-44)49-26-32-55-56-33-27-50(40-62(56)65(7,61(55)39-49)66(67,68)69)48-25-31-54-52-29-23-46(34-45-20-16-42(9-2)17-21-45)36-58(52)64(5,6)60(54)38-48/h8-9,14-33,35-40H,1-2,10-13,34H2,3-7H3. The van der Waals surface area contributed by atoms with Crippen LogP contribution in [0.1, 0.15) is 114 Å². The van der Waals surface area contributed by atoms with Gasteiger partial charge in [-0.05, 0) is 186 Å². The summed E-state index contributed by atoms with van der Waals surface area (Å²) >= 11 is 0. The summed E-state index contributed by atoms with van der Waals surface area (Å²) in [6, 6.07) is 55.2. The number of fused-ring (bicyclic) bond motifs is 9. The molecule has 342 valence electrons. The highest BCUT2D eigenvalue weighted by Crippen LogP contribution is 2.59. The predicted molar refractivity (Wildman–Crippen MR) is 283 cm³/mol. The molecule has 0 nitrogen and oxygen atoms in total. The van der Waals surface area contributed by atoms with Crippen LogP contribution in [0.5, 0.6) is 0 Å². The lowest BCUT2D eigenvalue weighted by Crippen LogP contribution is -2.38. The maximum absolute atomic E-state index is 15.9. The van der Waals surface area contributed by atoms with Gasteiger partial charge in [-0.15, -0.1) is 0 Å². The molecule has 1 atom stereocenters. The molecule has 3 heteroatoms. The second-order valence-corrected chi connectivity index (χ2v) is 20.9. The quantitative estimate of drug-likeness (QED) is 0.113. The van der Waals surface area contributed by atoms with Gasteiger partial charge in [-0.2, -0.15) is 13.2 Å². The Morgan fingerprint density at radius 3 is 1.12 bits per heavy atom. The minimum absolute atomic E-state index is 0.259. The minimum atomic E-state index is -4.53. The normalized spacial score (nSPS) is 16.5. The second-order valence-electron chi connectivity index (χ2n) is 20.9. The molecule has 0 saturated heterocycles. The van der Waals surface area contributed by atoms with E-state index in [1.807, 2.05) is 42.5 Å². The molecule has 0 amide bonds. The van der Waals surface area contributed by atoms with E-state index in [9.17, 15) is 0 Å². The van der Waals surface area contributed by atoms with Gasteiger partial charge in [0.1, 0.15) is 5.41 Å². The first-order valence-corrected chi connectivity index (χ1v) is 24.4. The first-order valence-electron chi connectivity index (χ1n) is 24.4. The summed E-state index contributed by atoms with van der Waals surface area (Å²) in [5.74, 6) is 0. The van der Waals surface area contributed by atoms with Crippen LogP contribution in [-0.4, -0.2) is 6.18 Å². The molecule has 0 aliphatic heterocycles. The van der Waals surface area contributed by atoms with E-state index in [2.05, 4.69) is 162 Å². The maximum atomic E-state index is 15.9. The van der Waals surface area contributed by atoms with Crippen molar-refractivity contribution in [3.05, 3.63) is 238 Å². The van der Waals surface area contributed by atoms with Crippen molar-refractivity contribution in [1.82, 2.24) is 0 Å². The molecule has 8 aromatic rings. The Morgan fingerprint density at radius 1 is 0.377 bits per heavy atom. The van der Waals surface area contributed by atoms with Crippen molar-refractivity contribution >= 4 is 12.2 Å². The first-order chi connectivity index (χ1) is 33.1. The Balaban J connectivity index is 0.858. The summed E-state index contributed by atoms with van der Waals surface area (Å²) in [6.07, 6.45) is 4.33. The van der Waals surface area contributed by atoms with Gasteiger partial charge in [-0.1, -0.05) is 186 Å². The largest absolute Gasteiger partial charge is 0.402 e. The summed E-state index contributed by atoms with van der Waals surface area (Å²) in [4.78, 5) is 0. The lowest BCUT2D eigenvalue weighted by Gasteiger charge is -2.30. The van der Waals surface area contributed by atoms with Gasteiger partial charge < -0.3 is 0 Å². The monoisotopic (exact) mass is 906 g/mol. The highest BCUT2D eigenvalue weighted by Gasteiger charge is 2.58. The van der Waals surface area contributed by atoms with Crippen molar-refractivity contribution in [3.63, 3.8) is 0 Å². The van der Waals surface area contributed by atoms with Crippen LogP contribution >= 0.6 is 0 Å². The maximum Gasteiger partial charge on any atom is 0.402 e. The van der Waals surface area contributed by atoms with Gasteiger partial charge in [-0.3, -0.25) is 0 Å². The topological polar surface area (TPSA) is 0 Å². The molecule has 0 bridgehead atoms. The average molecular weight is 907 g/mol. The van der Waals surface area contributed by atoms with Crippen molar-refractivity contribution in [2.45, 2.75) is 89.1 Å². The molecule has 0 aromatic heterocycles. The lowest BCUT2D eigenvalue weighted by molar-refractivity contribution is -0.172. The van der Waals surface area contributed by atoms with Crippen molar-refractivity contribution in [2.24, 2.45) is 0 Å². The molecule has 1 unspecified atom stereocenters. The van der Waals surface area contributed by atoms with Gasteiger partial charge in [0.15, 0.2) is 0 Å². The third kappa shape index (κ3) is 7.27. The van der Waals surface area contributed by atoms with Crippen LogP contribution in [0, 0.1) is 0 Å². The van der Waals surface area contributed by atoms with E-state index in [0.717, 1.165) is 65.5 Å².